The van der Waals surface area contributed by atoms with Crippen molar-refractivity contribution < 1.29 is 9.53 Å². The molecule has 3 aromatic heterocycles. The Hall–Kier alpha value is -2.49. The van der Waals surface area contributed by atoms with Crippen molar-refractivity contribution in [3.05, 3.63) is 24.5 Å². The number of nitrogens with one attached hydrogen (secondary N) is 1. The van der Waals surface area contributed by atoms with Crippen molar-refractivity contribution in [2.45, 2.75) is 17.3 Å². The third kappa shape index (κ3) is 2.99. The zero-order valence-electron chi connectivity index (χ0n) is 11.1. The second-order valence-corrected chi connectivity index (χ2v) is 5.02. The lowest BCUT2D eigenvalue weighted by molar-refractivity contribution is -0.141. The van der Waals surface area contributed by atoms with Crippen LogP contribution in [0, 0.1) is 0 Å². The van der Waals surface area contributed by atoms with E-state index in [1.54, 1.807) is 12.5 Å². The van der Waals surface area contributed by atoms with Crippen LogP contribution in [0.3, 0.4) is 0 Å². The van der Waals surface area contributed by atoms with Gasteiger partial charge in [0.2, 0.25) is 0 Å². The highest BCUT2D eigenvalue weighted by Gasteiger charge is 2.09. The van der Waals surface area contributed by atoms with Gasteiger partial charge < -0.3 is 9.72 Å². The van der Waals surface area contributed by atoms with Gasteiger partial charge in [-0.05, 0) is 0 Å². The van der Waals surface area contributed by atoms with Gasteiger partial charge in [-0.1, -0.05) is 17.0 Å². The number of methoxy groups -OCH3 is 1. The first-order chi connectivity index (χ1) is 10.3. The van der Waals surface area contributed by atoms with Gasteiger partial charge in [0.1, 0.15) is 23.4 Å². The van der Waals surface area contributed by atoms with Crippen LogP contribution in [0.15, 0.2) is 23.9 Å². The maximum absolute atomic E-state index is 11.1. The number of thioether (sulfide) groups is 1. The molecule has 0 aliphatic rings. The molecule has 0 aromatic carbocycles. The van der Waals surface area contributed by atoms with Crippen molar-refractivity contribution in [2.75, 3.05) is 7.11 Å². The van der Waals surface area contributed by atoms with Gasteiger partial charge >= 0.3 is 5.97 Å². The molecule has 1 N–H and O–H groups in total. The lowest BCUT2D eigenvalue weighted by Gasteiger charge is -1.99. The largest absolute Gasteiger partial charge is 0.468 e. The van der Waals surface area contributed by atoms with Crippen LogP contribution in [0.1, 0.15) is 5.69 Å². The van der Waals surface area contributed by atoms with E-state index in [-0.39, 0.29) is 12.5 Å². The molecule has 10 heteroatoms. The van der Waals surface area contributed by atoms with Gasteiger partial charge in [-0.25, -0.2) is 19.6 Å². The molecule has 0 saturated heterocycles. The highest BCUT2D eigenvalue weighted by molar-refractivity contribution is 7.98. The fraction of sp³-hybridized carbons (Fsp3) is 0.273. The van der Waals surface area contributed by atoms with Gasteiger partial charge in [0.05, 0.1) is 19.1 Å². The number of H-pyrrole nitrogens is 1. The number of ether oxygens (including phenoxy) is 1. The molecule has 0 atom stereocenters. The standard InChI is InChI=1S/C11H11N7O2S/c1-20-8(19)3-18-2-7(16-17-18)4-21-11-9-10(13-5-12-9)14-6-15-11/h2,5-6H,3-4H2,1H3,(H,12,13,14,15). The zero-order valence-corrected chi connectivity index (χ0v) is 11.9. The summed E-state index contributed by atoms with van der Waals surface area (Å²) < 4.78 is 6.01. The predicted molar refractivity (Wildman–Crippen MR) is 73.3 cm³/mol. The number of carbonyl (C=O) groups is 1. The minimum absolute atomic E-state index is 0.0481. The Kier molecular flexibility index (Phi) is 3.77. The number of aromatic nitrogens is 7. The van der Waals surface area contributed by atoms with E-state index >= 15 is 0 Å². The number of imidazole rings is 1. The van der Waals surface area contributed by atoms with Crippen molar-refractivity contribution in [3.63, 3.8) is 0 Å². The third-order valence-corrected chi connectivity index (χ3v) is 3.67. The number of rotatable bonds is 5. The molecule has 0 amide bonds. The SMILES string of the molecule is COC(=O)Cn1cc(CSc2ncnc3nc[nH]c23)nn1. The van der Waals surface area contributed by atoms with Crippen LogP contribution in [0.2, 0.25) is 0 Å². The Morgan fingerprint density at radius 1 is 1.43 bits per heavy atom. The van der Waals surface area contributed by atoms with Crippen LogP contribution in [0.4, 0.5) is 0 Å². The van der Waals surface area contributed by atoms with Crippen LogP contribution < -0.4 is 0 Å². The Labute approximate surface area is 123 Å². The second kappa shape index (κ2) is 5.87. The van der Waals surface area contributed by atoms with E-state index in [0.717, 1.165) is 16.2 Å². The van der Waals surface area contributed by atoms with E-state index in [1.807, 2.05) is 0 Å². The van der Waals surface area contributed by atoms with Crippen molar-refractivity contribution in [1.29, 1.82) is 0 Å². The van der Waals surface area contributed by atoms with Gasteiger partial charge in [-0.15, -0.1) is 5.10 Å². The molecule has 3 rings (SSSR count). The Balaban J connectivity index is 1.68. The quantitative estimate of drug-likeness (QED) is 0.410. The highest BCUT2D eigenvalue weighted by Crippen LogP contribution is 2.24. The predicted octanol–water partition coefficient (Wildman–Crippen LogP) is 0.410. The molecule has 0 bridgehead atoms. The number of esters is 1. The number of carbonyl (C=O) groups excluding carboxylic acids is 1. The summed E-state index contributed by atoms with van der Waals surface area (Å²) in [5.41, 5.74) is 2.17. The van der Waals surface area contributed by atoms with E-state index in [4.69, 9.17) is 0 Å². The summed E-state index contributed by atoms with van der Waals surface area (Å²) in [6, 6.07) is 0. The first kappa shape index (κ1) is 13.5. The van der Waals surface area contributed by atoms with E-state index in [2.05, 4.69) is 35.0 Å². The monoisotopic (exact) mass is 305 g/mol. The molecular weight excluding hydrogens is 294 g/mol. The van der Waals surface area contributed by atoms with Gasteiger partial charge in [0.25, 0.3) is 0 Å². The third-order valence-electron chi connectivity index (χ3n) is 2.65. The molecule has 0 fully saturated rings. The zero-order chi connectivity index (χ0) is 14.7. The van der Waals surface area contributed by atoms with E-state index in [1.165, 1.54) is 29.9 Å². The average molecular weight is 305 g/mol. The fourth-order valence-corrected chi connectivity index (χ4v) is 2.51. The first-order valence-corrected chi connectivity index (χ1v) is 6.97. The summed E-state index contributed by atoms with van der Waals surface area (Å²) >= 11 is 1.49. The number of fused-ring (bicyclic) bond motifs is 1. The smallest absolute Gasteiger partial charge is 0.327 e. The van der Waals surface area contributed by atoms with E-state index < -0.39 is 0 Å². The molecule has 3 aromatic rings. The van der Waals surface area contributed by atoms with Crippen molar-refractivity contribution in [3.8, 4) is 0 Å². The topological polar surface area (TPSA) is 111 Å². The number of aromatic amines is 1. The average Bonchev–Trinajstić information content (AvgIpc) is 3.13. The molecule has 0 aliphatic carbocycles. The number of nitrogens with zero attached hydrogens (tertiary/aromatic N) is 6. The highest BCUT2D eigenvalue weighted by atomic mass is 32.2. The van der Waals surface area contributed by atoms with E-state index in [9.17, 15) is 4.79 Å². The van der Waals surface area contributed by atoms with Crippen molar-refractivity contribution >= 4 is 28.9 Å². The molecule has 0 unspecified atom stereocenters. The fourth-order valence-electron chi connectivity index (χ4n) is 1.67. The second-order valence-electron chi connectivity index (χ2n) is 4.05. The summed E-state index contributed by atoms with van der Waals surface area (Å²) in [7, 11) is 1.33. The molecule has 0 spiro atoms. The normalized spacial score (nSPS) is 10.9. The number of hydrogen-bond donors (Lipinski definition) is 1. The van der Waals surface area contributed by atoms with Gasteiger partial charge in [-0.2, -0.15) is 0 Å². The van der Waals surface area contributed by atoms with Crippen LogP contribution in [-0.4, -0.2) is 48.0 Å². The van der Waals surface area contributed by atoms with Crippen LogP contribution in [0.5, 0.6) is 0 Å². The summed E-state index contributed by atoms with van der Waals surface area (Å²) in [6.07, 6.45) is 4.75. The molecule has 0 saturated carbocycles. The van der Waals surface area contributed by atoms with Gasteiger partial charge in [0.15, 0.2) is 5.65 Å². The van der Waals surface area contributed by atoms with Crippen molar-refractivity contribution in [1.82, 2.24) is 34.9 Å². The van der Waals surface area contributed by atoms with Crippen molar-refractivity contribution in [2.24, 2.45) is 0 Å². The molecule has 0 radical (unpaired) electrons. The maximum atomic E-state index is 11.1. The lowest BCUT2D eigenvalue weighted by Crippen LogP contribution is -2.11. The minimum atomic E-state index is -0.367. The first-order valence-electron chi connectivity index (χ1n) is 5.99. The molecular formula is C11H11N7O2S. The summed E-state index contributed by atoms with van der Waals surface area (Å²) in [6.45, 7) is 0.0481. The van der Waals surface area contributed by atoms with Crippen LogP contribution in [-0.2, 0) is 21.8 Å². The number of hydrogen-bond acceptors (Lipinski definition) is 8. The summed E-state index contributed by atoms with van der Waals surface area (Å²) in [4.78, 5) is 26.5. The van der Waals surface area contributed by atoms with E-state index in [0.29, 0.717) is 11.4 Å². The van der Waals surface area contributed by atoms with Crippen LogP contribution in [0.25, 0.3) is 11.2 Å². The molecule has 108 valence electrons. The summed E-state index contributed by atoms with van der Waals surface area (Å²) in [5.74, 6) is 0.209. The molecule has 3 heterocycles. The Morgan fingerprint density at radius 2 is 2.33 bits per heavy atom. The van der Waals surface area contributed by atoms with Gasteiger partial charge in [0, 0.05) is 11.9 Å². The Morgan fingerprint density at radius 3 is 3.19 bits per heavy atom. The Bertz CT molecular complexity index is 769. The minimum Gasteiger partial charge on any atom is -0.468 e. The molecule has 9 nitrogen and oxygen atoms in total. The summed E-state index contributed by atoms with van der Waals surface area (Å²) in [5, 5.41) is 8.66. The molecule has 0 aliphatic heterocycles. The van der Waals surface area contributed by atoms with Gasteiger partial charge in [-0.3, -0.25) is 4.79 Å². The van der Waals surface area contributed by atoms with Crippen LogP contribution >= 0.6 is 11.8 Å². The molecule has 21 heavy (non-hydrogen) atoms. The maximum Gasteiger partial charge on any atom is 0.327 e. The lowest BCUT2D eigenvalue weighted by atomic mass is 10.5.